The molecule has 7 nitrogen and oxygen atoms in total. The van der Waals surface area contributed by atoms with E-state index in [-0.39, 0.29) is 23.4 Å². The van der Waals surface area contributed by atoms with Gasteiger partial charge in [0.25, 0.3) is 11.8 Å². The number of thiazole rings is 1. The molecule has 4 aromatic rings. The molecule has 0 atom stereocenters. The van der Waals surface area contributed by atoms with Crippen LogP contribution in [0.3, 0.4) is 0 Å². The number of amides is 2. The van der Waals surface area contributed by atoms with Crippen LogP contribution in [0, 0.1) is 5.82 Å². The van der Waals surface area contributed by atoms with Gasteiger partial charge in [-0.1, -0.05) is 0 Å². The number of hydrogen-bond donors (Lipinski definition) is 1. The molecule has 1 N–H and O–H groups in total. The first-order valence-electron chi connectivity index (χ1n) is 10.7. The van der Waals surface area contributed by atoms with Gasteiger partial charge in [-0.2, -0.15) is 0 Å². The van der Waals surface area contributed by atoms with Crippen LogP contribution in [-0.2, 0) is 6.54 Å². The van der Waals surface area contributed by atoms with Crippen molar-refractivity contribution in [1.29, 1.82) is 0 Å². The summed E-state index contributed by atoms with van der Waals surface area (Å²) in [5, 5.41) is 6.26. The molecule has 3 aromatic heterocycles. The standard InChI is InChI=1S/C24H21FN4O3S2/c25-17-5-3-16(4-6-17)23-26-18(15-33-23)14-28-9-11-29(12-10-28)24(31)20-7-8-21(34-20)27-22(30)19-2-1-13-32-19/h1-8,13,15H,9-12,14H2,(H,27,30). The molecule has 1 aliphatic heterocycles. The summed E-state index contributed by atoms with van der Waals surface area (Å²) in [6, 6.07) is 13.1. The molecule has 34 heavy (non-hydrogen) atoms. The fraction of sp³-hybridized carbons (Fsp3) is 0.208. The Morgan fingerprint density at radius 1 is 1.06 bits per heavy atom. The minimum absolute atomic E-state index is 0.0320. The second kappa shape index (κ2) is 9.88. The normalized spacial score (nSPS) is 14.3. The van der Waals surface area contributed by atoms with Crippen molar-refractivity contribution < 1.29 is 18.4 Å². The molecular weight excluding hydrogens is 475 g/mol. The number of carbonyl (C=O) groups excluding carboxylic acids is 2. The highest BCUT2D eigenvalue weighted by molar-refractivity contribution is 7.18. The molecule has 0 aliphatic carbocycles. The third kappa shape index (κ3) is 5.09. The number of furan rings is 1. The lowest BCUT2D eigenvalue weighted by Crippen LogP contribution is -2.48. The van der Waals surface area contributed by atoms with E-state index in [0.717, 1.165) is 29.4 Å². The maximum absolute atomic E-state index is 13.1. The molecule has 1 aliphatic rings. The zero-order valence-corrected chi connectivity index (χ0v) is 19.7. The summed E-state index contributed by atoms with van der Waals surface area (Å²) in [6.45, 7) is 3.46. The van der Waals surface area contributed by atoms with Gasteiger partial charge in [-0.05, 0) is 48.5 Å². The van der Waals surface area contributed by atoms with E-state index >= 15 is 0 Å². The highest BCUT2D eigenvalue weighted by atomic mass is 32.1. The molecule has 4 heterocycles. The number of rotatable bonds is 6. The second-order valence-electron chi connectivity index (χ2n) is 7.81. The number of thiophene rings is 1. The predicted octanol–water partition coefficient (Wildman–Crippen LogP) is 4.81. The summed E-state index contributed by atoms with van der Waals surface area (Å²) in [5.74, 6) is -0.410. The molecule has 0 spiro atoms. The number of hydrogen-bond acceptors (Lipinski definition) is 7. The van der Waals surface area contributed by atoms with Crippen LogP contribution >= 0.6 is 22.7 Å². The van der Waals surface area contributed by atoms with Gasteiger partial charge in [0.05, 0.1) is 21.8 Å². The van der Waals surface area contributed by atoms with Crippen molar-refractivity contribution >= 4 is 39.5 Å². The highest BCUT2D eigenvalue weighted by Crippen LogP contribution is 2.26. The van der Waals surface area contributed by atoms with E-state index in [4.69, 9.17) is 4.42 Å². The van der Waals surface area contributed by atoms with Gasteiger partial charge in [-0.3, -0.25) is 14.5 Å². The van der Waals surface area contributed by atoms with Crippen LogP contribution in [-0.4, -0.2) is 52.8 Å². The molecule has 0 unspecified atom stereocenters. The first kappa shape index (κ1) is 22.5. The SMILES string of the molecule is O=C(Nc1ccc(C(=O)N2CCN(Cc3csc(-c4ccc(F)cc4)n3)CC2)s1)c1ccco1. The zero-order chi connectivity index (χ0) is 23.5. The Labute approximate surface area is 203 Å². The number of nitrogens with one attached hydrogen (secondary N) is 1. The first-order chi connectivity index (χ1) is 16.5. The van der Waals surface area contributed by atoms with Gasteiger partial charge in [0, 0.05) is 43.7 Å². The van der Waals surface area contributed by atoms with Crippen LogP contribution in [0.25, 0.3) is 10.6 Å². The number of piperazine rings is 1. The van der Waals surface area contributed by atoms with Crippen molar-refractivity contribution in [3.05, 3.63) is 82.3 Å². The quantitative estimate of drug-likeness (QED) is 0.414. The Morgan fingerprint density at radius 2 is 1.85 bits per heavy atom. The third-order valence-corrected chi connectivity index (χ3v) is 7.42. The molecular formula is C24H21FN4O3S2. The van der Waals surface area contributed by atoms with Gasteiger partial charge >= 0.3 is 0 Å². The predicted molar refractivity (Wildman–Crippen MR) is 130 cm³/mol. The molecule has 1 aromatic carbocycles. The minimum Gasteiger partial charge on any atom is -0.459 e. The molecule has 1 saturated heterocycles. The molecule has 0 bridgehead atoms. The minimum atomic E-state index is -0.343. The first-order valence-corrected chi connectivity index (χ1v) is 12.4. The van der Waals surface area contributed by atoms with Gasteiger partial charge < -0.3 is 14.6 Å². The van der Waals surface area contributed by atoms with Crippen LogP contribution in [0.4, 0.5) is 9.39 Å². The van der Waals surface area contributed by atoms with Gasteiger partial charge in [0.2, 0.25) is 0 Å². The molecule has 0 radical (unpaired) electrons. The Morgan fingerprint density at radius 3 is 2.59 bits per heavy atom. The molecule has 174 valence electrons. The molecule has 10 heteroatoms. The number of halogens is 1. The Bertz CT molecular complexity index is 1280. The number of nitrogens with zero attached hydrogens (tertiary/aromatic N) is 3. The van der Waals surface area contributed by atoms with Crippen LogP contribution in [0.2, 0.25) is 0 Å². The summed E-state index contributed by atoms with van der Waals surface area (Å²) in [5.41, 5.74) is 1.88. The lowest BCUT2D eigenvalue weighted by Gasteiger charge is -2.34. The van der Waals surface area contributed by atoms with Crippen molar-refractivity contribution in [1.82, 2.24) is 14.8 Å². The number of carbonyl (C=O) groups is 2. The largest absolute Gasteiger partial charge is 0.459 e. The van der Waals surface area contributed by atoms with E-state index in [1.165, 1.54) is 29.7 Å². The van der Waals surface area contributed by atoms with E-state index < -0.39 is 0 Å². The maximum Gasteiger partial charge on any atom is 0.291 e. The summed E-state index contributed by atoms with van der Waals surface area (Å²) in [4.78, 5) is 34.4. The molecule has 1 fully saturated rings. The summed E-state index contributed by atoms with van der Waals surface area (Å²) >= 11 is 2.80. The summed E-state index contributed by atoms with van der Waals surface area (Å²) in [7, 11) is 0. The van der Waals surface area contributed by atoms with E-state index in [1.807, 2.05) is 10.3 Å². The van der Waals surface area contributed by atoms with Gasteiger partial charge in [-0.15, -0.1) is 22.7 Å². The summed E-state index contributed by atoms with van der Waals surface area (Å²) < 4.78 is 18.2. The highest BCUT2D eigenvalue weighted by Gasteiger charge is 2.24. The Hall–Kier alpha value is -3.34. The summed E-state index contributed by atoms with van der Waals surface area (Å²) in [6.07, 6.45) is 1.44. The lowest BCUT2D eigenvalue weighted by molar-refractivity contribution is 0.0632. The molecule has 2 amide bonds. The van der Waals surface area contributed by atoms with Gasteiger partial charge in [-0.25, -0.2) is 9.37 Å². The van der Waals surface area contributed by atoms with E-state index in [1.54, 1.807) is 47.7 Å². The van der Waals surface area contributed by atoms with Gasteiger partial charge in [0.1, 0.15) is 10.8 Å². The zero-order valence-electron chi connectivity index (χ0n) is 18.1. The van der Waals surface area contributed by atoms with E-state index in [9.17, 15) is 14.0 Å². The Balaban J connectivity index is 1.13. The van der Waals surface area contributed by atoms with Crippen LogP contribution in [0.15, 0.2) is 64.6 Å². The number of benzene rings is 1. The third-order valence-electron chi connectivity index (χ3n) is 5.49. The molecule has 5 rings (SSSR count). The monoisotopic (exact) mass is 496 g/mol. The lowest BCUT2D eigenvalue weighted by atomic mass is 10.2. The van der Waals surface area contributed by atoms with Crippen LogP contribution in [0.1, 0.15) is 25.9 Å². The number of aromatic nitrogens is 1. The van der Waals surface area contributed by atoms with Crippen molar-refractivity contribution in [2.24, 2.45) is 0 Å². The van der Waals surface area contributed by atoms with Crippen LogP contribution in [0.5, 0.6) is 0 Å². The fourth-order valence-electron chi connectivity index (χ4n) is 3.70. The maximum atomic E-state index is 13.1. The second-order valence-corrected chi connectivity index (χ2v) is 9.76. The topological polar surface area (TPSA) is 78.7 Å². The average Bonchev–Trinajstić information content (AvgIpc) is 3.62. The number of anilines is 1. The van der Waals surface area contributed by atoms with Crippen molar-refractivity contribution in [2.45, 2.75) is 6.54 Å². The Kier molecular flexibility index (Phi) is 6.52. The van der Waals surface area contributed by atoms with Crippen molar-refractivity contribution in [3.63, 3.8) is 0 Å². The van der Waals surface area contributed by atoms with E-state index in [0.29, 0.717) is 29.5 Å². The molecule has 0 saturated carbocycles. The van der Waals surface area contributed by atoms with E-state index in [2.05, 4.69) is 15.2 Å². The fourth-order valence-corrected chi connectivity index (χ4v) is 5.39. The van der Waals surface area contributed by atoms with Crippen molar-refractivity contribution in [2.75, 3.05) is 31.5 Å². The van der Waals surface area contributed by atoms with Crippen LogP contribution < -0.4 is 5.32 Å². The average molecular weight is 497 g/mol. The smallest absolute Gasteiger partial charge is 0.291 e. The van der Waals surface area contributed by atoms with Gasteiger partial charge in [0.15, 0.2) is 5.76 Å². The van der Waals surface area contributed by atoms with Crippen molar-refractivity contribution in [3.8, 4) is 10.6 Å².